The summed E-state index contributed by atoms with van der Waals surface area (Å²) < 4.78 is 0. The predicted octanol–water partition coefficient (Wildman–Crippen LogP) is 2.02. The molecular formula is C17H32N2O2. The third kappa shape index (κ3) is 4.68. The Kier molecular flexibility index (Phi) is 6.49. The third-order valence-corrected chi connectivity index (χ3v) is 5.51. The van der Waals surface area contributed by atoms with Gasteiger partial charge in [0.2, 0.25) is 5.91 Å². The summed E-state index contributed by atoms with van der Waals surface area (Å²) in [5.74, 6) is 2.03. The summed E-state index contributed by atoms with van der Waals surface area (Å²) in [5.41, 5.74) is 0. The number of aliphatic hydroxyl groups excluding tert-OH is 1. The predicted molar refractivity (Wildman–Crippen MR) is 85.0 cm³/mol. The SMILES string of the molecule is CC(C)C1CCC(N2CCC(C(=O)NCCO)CC2)CC1. The topological polar surface area (TPSA) is 52.6 Å². The van der Waals surface area contributed by atoms with Gasteiger partial charge in [0, 0.05) is 18.5 Å². The van der Waals surface area contributed by atoms with Gasteiger partial charge in [0.15, 0.2) is 0 Å². The number of hydrogen-bond donors (Lipinski definition) is 2. The zero-order valence-electron chi connectivity index (χ0n) is 13.7. The molecule has 0 radical (unpaired) electrons. The fourth-order valence-electron chi connectivity index (χ4n) is 3.98. The molecule has 1 saturated carbocycles. The standard InChI is InChI=1S/C17H32N2O2/c1-13(2)14-3-5-16(6-4-14)19-10-7-15(8-11-19)17(21)18-9-12-20/h13-16,20H,3-12H2,1-2H3,(H,18,21). The first-order valence-electron chi connectivity index (χ1n) is 8.74. The normalized spacial score (nSPS) is 28.8. The number of amides is 1. The minimum atomic E-state index is 0.0314. The van der Waals surface area contributed by atoms with Gasteiger partial charge in [-0.2, -0.15) is 0 Å². The highest BCUT2D eigenvalue weighted by Crippen LogP contribution is 2.33. The Bertz CT molecular complexity index is 317. The van der Waals surface area contributed by atoms with E-state index in [9.17, 15) is 4.79 Å². The third-order valence-electron chi connectivity index (χ3n) is 5.51. The Morgan fingerprint density at radius 1 is 1.14 bits per heavy atom. The number of carbonyl (C=O) groups excluding carboxylic acids is 1. The van der Waals surface area contributed by atoms with Crippen molar-refractivity contribution < 1.29 is 9.90 Å². The van der Waals surface area contributed by atoms with Crippen LogP contribution >= 0.6 is 0 Å². The maximum absolute atomic E-state index is 11.9. The summed E-state index contributed by atoms with van der Waals surface area (Å²) in [4.78, 5) is 14.5. The molecule has 0 aromatic rings. The van der Waals surface area contributed by atoms with Crippen LogP contribution in [0.25, 0.3) is 0 Å². The lowest BCUT2D eigenvalue weighted by Gasteiger charge is -2.41. The van der Waals surface area contributed by atoms with Crippen LogP contribution in [0.15, 0.2) is 0 Å². The van der Waals surface area contributed by atoms with E-state index in [1.54, 1.807) is 0 Å². The van der Waals surface area contributed by atoms with Crippen LogP contribution in [0, 0.1) is 17.8 Å². The molecular weight excluding hydrogens is 264 g/mol. The number of piperidine rings is 1. The van der Waals surface area contributed by atoms with Gasteiger partial charge in [0.05, 0.1) is 6.61 Å². The average Bonchev–Trinajstić information content (AvgIpc) is 2.53. The lowest BCUT2D eigenvalue weighted by Crippen LogP contribution is -2.46. The van der Waals surface area contributed by atoms with E-state index < -0.39 is 0 Å². The molecule has 0 bridgehead atoms. The van der Waals surface area contributed by atoms with Crippen LogP contribution in [0.4, 0.5) is 0 Å². The highest BCUT2D eigenvalue weighted by molar-refractivity contribution is 5.78. The molecule has 1 heterocycles. The van der Waals surface area contributed by atoms with E-state index in [1.807, 2.05) is 0 Å². The van der Waals surface area contributed by atoms with Gasteiger partial charge < -0.3 is 15.3 Å². The summed E-state index contributed by atoms with van der Waals surface area (Å²) in [6.07, 6.45) is 7.37. The summed E-state index contributed by atoms with van der Waals surface area (Å²) in [6.45, 7) is 7.24. The maximum atomic E-state index is 11.9. The summed E-state index contributed by atoms with van der Waals surface area (Å²) in [7, 11) is 0. The molecule has 0 spiro atoms. The molecule has 122 valence electrons. The van der Waals surface area contributed by atoms with Gasteiger partial charge in [-0.3, -0.25) is 4.79 Å². The number of aliphatic hydroxyl groups is 1. The molecule has 2 N–H and O–H groups in total. The molecule has 0 aromatic heterocycles. The van der Waals surface area contributed by atoms with Gasteiger partial charge in [-0.05, 0) is 63.5 Å². The van der Waals surface area contributed by atoms with Gasteiger partial charge in [-0.25, -0.2) is 0 Å². The Morgan fingerprint density at radius 3 is 2.29 bits per heavy atom. The zero-order valence-corrected chi connectivity index (χ0v) is 13.7. The Labute approximate surface area is 129 Å². The van der Waals surface area contributed by atoms with Gasteiger partial charge in [-0.1, -0.05) is 13.8 Å². The second-order valence-corrected chi connectivity index (χ2v) is 7.14. The monoisotopic (exact) mass is 296 g/mol. The summed E-state index contributed by atoms with van der Waals surface area (Å²) >= 11 is 0. The average molecular weight is 296 g/mol. The van der Waals surface area contributed by atoms with Gasteiger partial charge in [0.25, 0.3) is 0 Å². The molecule has 1 aliphatic carbocycles. The molecule has 0 aromatic carbocycles. The molecule has 4 nitrogen and oxygen atoms in total. The first kappa shape index (κ1) is 16.8. The second-order valence-electron chi connectivity index (χ2n) is 7.14. The highest BCUT2D eigenvalue weighted by Gasteiger charge is 2.31. The van der Waals surface area contributed by atoms with Crippen LogP contribution in [0.2, 0.25) is 0 Å². The number of carbonyl (C=O) groups is 1. The van der Waals surface area contributed by atoms with Crippen molar-refractivity contribution in [1.29, 1.82) is 0 Å². The number of nitrogens with one attached hydrogen (secondary N) is 1. The van der Waals surface area contributed by atoms with Crippen LogP contribution < -0.4 is 5.32 Å². The zero-order chi connectivity index (χ0) is 15.2. The van der Waals surface area contributed by atoms with Gasteiger partial charge in [-0.15, -0.1) is 0 Å². The minimum Gasteiger partial charge on any atom is -0.395 e. The molecule has 2 fully saturated rings. The lowest BCUT2D eigenvalue weighted by molar-refractivity contribution is -0.126. The van der Waals surface area contributed by atoms with Crippen molar-refractivity contribution in [2.75, 3.05) is 26.2 Å². The van der Waals surface area contributed by atoms with Crippen LogP contribution in [0.5, 0.6) is 0 Å². The quantitative estimate of drug-likeness (QED) is 0.816. The smallest absolute Gasteiger partial charge is 0.223 e. The van der Waals surface area contributed by atoms with E-state index in [-0.39, 0.29) is 18.4 Å². The van der Waals surface area contributed by atoms with Crippen molar-refractivity contribution in [2.45, 2.75) is 58.4 Å². The second kappa shape index (κ2) is 8.14. The van der Waals surface area contributed by atoms with Crippen LogP contribution in [-0.2, 0) is 4.79 Å². The molecule has 2 aliphatic rings. The van der Waals surface area contributed by atoms with Crippen molar-refractivity contribution in [1.82, 2.24) is 10.2 Å². The molecule has 1 amide bonds. The molecule has 1 aliphatic heterocycles. The van der Waals surface area contributed by atoms with Crippen molar-refractivity contribution in [3.63, 3.8) is 0 Å². The highest BCUT2D eigenvalue weighted by atomic mass is 16.3. The Balaban J connectivity index is 1.71. The first-order chi connectivity index (χ1) is 10.1. The van der Waals surface area contributed by atoms with Crippen molar-refractivity contribution >= 4 is 5.91 Å². The number of nitrogens with zero attached hydrogens (tertiary/aromatic N) is 1. The van der Waals surface area contributed by atoms with E-state index in [1.165, 1.54) is 25.7 Å². The summed E-state index contributed by atoms with van der Waals surface area (Å²) in [5, 5.41) is 11.6. The van der Waals surface area contributed by atoms with E-state index >= 15 is 0 Å². The molecule has 21 heavy (non-hydrogen) atoms. The minimum absolute atomic E-state index is 0.0314. The number of likely N-dealkylation sites (tertiary alicyclic amines) is 1. The maximum Gasteiger partial charge on any atom is 0.223 e. The molecule has 0 atom stereocenters. The number of hydrogen-bond acceptors (Lipinski definition) is 3. The van der Waals surface area contributed by atoms with Crippen molar-refractivity contribution in [3.05, 3.63) is 0 Å². The number of rotatable bonds is 5. The van der Waals surface area contributed by atoms with Crippen molar-refractivity contribution in [3.8, 4) is 0 Å². The van der Waals surface area contributed by atoms with Crippen LogP contribution in [-0.4, -0.2) is 48.2 Å². The molecule has 0 unspecified atom stereocenters. The first-order valence-corrected chi connectivity index (χ1v) is 8.74. The van der Waals surface area contributed by atoms with Gasteiger partial charge in [0.1, 0.15) is 0 Å². The molecule has 1 saturated heterocycles. The van der Waals surface area contributed by atoms with E-state index in [4.69, 9.17) is 5.11 Å². The van der Waals surface area contributed by atoms with Crippen molar-refractivity contribution in [2.24, 2.45) is 17.8 Å². The Morgan fingerprint density at radius 2 is 1.76 bits per heavy atom. The Hall–Kier alpha value is -0.610. The van der Waals surface area contributed by atoms with Gasteiger partial charge >= 0.3 is 0 Å². The van der Waals surface area contributed by atoms with E-state index in [2.05, 4.69) is 24.1 Å². The van der Waals surface area contributed by atoms with E-state index in [0.717, 1.165) is 43.8 Å². The summed E-state index contributed by atoms with van der Waals surface area (Å²) in [6, 6.07) is 0.751. The lowest BCUT2D eigenvalue weighted by atomic mass is 9.78. The molecule has 4 heteroatoms. The van der Waals surface area contributed by atoms with Crippen LogP contribution in [0.3, 0.4) is 0 Å². The fraction of sp³-hybridized carbons (Fsp3) is 0.941. The van der Waals surface area contributed by atoms with Crippen LogP contribution in [0.1, 0.15) is 52.4 Å². The largest absolute Gasteiger partial charge is 0.395 e. The fourth-order valence-corrected chi connectivity index (χ4v) is 3.98. The molecule has 2 rings (SSSR count). The van der Waals surface area contributed by atoms with E-state index in [0.29, 0.717) is 6.54 Å².